The first kappa shape index (κ1) is 13.9. The van der Waals surface area contributed by atoms with Crippen LogP contribution in [-0.2, 0) is 9.59 Å². The molecule has 1 amide bonds. The molecule has 1 aromatic rings. The minimum atomic E-state index is -0.796. The Kier molecular flexibility index (Phi) is 3.82. The Morgan fingerprint density at radius 1 is 1.29 bits per heavy atom. The number of carboxylic acids is 1. The largest absolute Gasteiger partial charge is 0.481 e. The molecule has 0 aromatic heterocycles. The van der Waals surface area contributed by atoms with Crippen LogP contribution in [0.2, 0.25) is 0 Å². The van der Waals surface area contributed by atoms with Crippen LogP contribution >= 0.6 is 0 Å². The Morgan fingerprint density at radius 3 is 2.76 bits per heavy atom. The summed E-state index contributed by atoms with van der Waals surface area (Å²) >= 11 is 0. The SMILES string of the molecule is O=C(O)CC1CN(CC(=O)NCC2CC2)c2ccccc21. The van der Waals surface area contributed by atoms with Crippen molar-refractivity contribution in [2.24, 2.45) is 5.92 Å². The lowest BCUT2D eigenvalue weighted by molar-refractivity contribution is -0.137. The third-order valence-electron chi connectivity index (χ3n) is 4.20. The summed E-state index contributed by atoms with van der Waals surface area (Å²) in [4.78, 5) is 25.0. The molecular weight excluding hydrogens is 268 g/mol. The molecule has 2 aliphatic rings. The van der Waals surface area contributed by atoms with E-state index < -0.39 is 5.97 Å². The number of nitrogens with zero attached hydrogens (tertiary/aromatic N) is 1. The first-order chi connectivity index (χ1) is 10.1. The van der Waals surface area contributed by atoms with Crippen LogP contribution < -0.4 is 10.2 Å². The normalized spacial score (nSPS) is 20.2. The summed E-state index contributed by atoms with van der Waals surface area (Å²) in [6, 6.07) is 7.78. The molecule has 112 valence electrons. The quantitative estimate of drug-likeness (QED) is 0.834. The second-order valence-electron chi connectivity index (χ2n) is 5.98. The van der Waals surface area contributed by atoms with E-state index in [2.05, 4.69) is 5.32 Å². The van der Waals surface area contributed by atoms with Gasteiger partial charge in [0.15, 0.2) is 0 Å². The molecule has 1 fully saturated rings. The summed E-state index contributed by atoms with van der Waals surface area (Å²) in [6.45, 7) is 1.68. The van der Waals surface area contributed by atoms with Crippen LogP contribution in [0.15, 0.2) is 24.3 Å². The van der Waals surface area contributed by atoms with E-state index in [1.54, 1.807) is 0 Å². The van der Waals surface area contributed by atoms with Gasteiger partial charge in [-0.15, -0.1) is 0 Å². The molecule has 0 bridgehead atoms. The third-order valence-corrected chi connectivity index (χ3v) is 4.20. The Morgan fingerprint density at radius 2 is 2.05 bits per heavy atom. The summed E-state index contributed by atoms with van der Waals surface area (Å²) in [6.07, 6.45) is 2.54. The first-order valence-corrected chi connectivity index (χ1v) is 7.46. The van der Waals surface area contributed by atoms with Gasteiger partial charge in [-0.05, 0) is 30.4 Å². The Balaban J connectivity index is 1.65. The number of carboxylic acid groups (broad SMARTS) is 1. The van der Waals surface area contributed by atoms with Crippen molar-refractivity contribution in [1.29, 1.82) is 0 Å². The van der Waals surface area contributed by atoms with Gasteiger partial charge in [-0.25, -0.2) is 0 Å². The molecule has 1 heterocycles. The Labute approximate surface area is 123 Å². The van der Waals surface area contributed by atoms with E-state index in [1.165, 1.54) is 12.8 Å². The lowest BCUT2D eigenvalue weighted by atomic mass is 9.98. The summed E-state index contributed by atoms with van der Waals surface area (Å²) in [5, 5.41) is 12.0. The monoisotopic (exact) mass is 288 g/mol. The Bertz CT molecular complexity index is 554. The molecule has 5 heteroatoms. The van der Waals surface area contributed by atoms with Crippen LogP contribution in [-0.4, -0.2) is 36.6 Å². The van der Waals surface area contributed by atoms with Gasteiger partial charge in [0, 0.05) is 24.7 Å². The van der Waals surface area contributed by atoms with Crippen molar-refractivity contribution < 1.29 is 14.7 Å². The number of fused-ring (bicyclic) bond motifs is 1. The fourth-order valence-electron chi connectivity index (χ4n) is 2.93. The highest BCUT2D eigenvalue weighted by atomic mass is 16.4. The number of anilines is 1. The number of hydrogen-bond acceptors (Lipinski definition) is 3. The number of rotatable bonds is 6. The number of nitrogens with one attached hydrogen (secondary N) is 1. The minimum absolute atomic E-state index is 0.0210. The maximum atomic E-state index is 12.0. The predicted octanol–water partition coefficient (Wildman–Crippen LogP) is 1.59. The van der Waals surface area contributed by atoms with E-state index in [0.717, 1.165) is 17.8 Å². The molecule has 1 atom stereocenters. The van der Waals surface area contributed by atoms with Crippen molar-refractivity contribution in [1.82, 2.24) is 5.32 Å². The van der Waals surface area contributed by atoms with Crippen molar-refractivity contribution >= 4 is 17.6 Å². The smallest absolute Gasteiger partial charge is 0.304 e. The molecular formula is C16H20N2O3. The lowest BCUT2D eigenvalue weighted by Gasteiger charge is -2.19. The fourth-order valence-corrected chi connectivity index (χ4v) is 2.93. The standard InChI is InChI=1S/C16H20N2O3/c19-15(17-8-11-5-6-11)10-18-9-12(7-16(20)21)13-3-1-2-4-14(13)18/h1-4,11-12H,5-10H2,(H,17,19)(H,20,21). The van der Waals surface area contributed by atoms with Gasteiger partial charge in [0.1, 0.15) is 0 Å². The summed E-state index contributed by atoms with van der Waals surface area (Å²) < 4.78 is 0. The van der Waals surface area contributed by atoms with Crippen LogP contribution in [0.4, 0.5) is 5.69 Å². The summed E-state index contributed by atoms with van der Waals surface area (Å²) in [5.74, 6) is -0.142. The van der Waals surface area contributed by atoms with Gasteiger partial charge in [-0.3, -0.25) is 9.59 Å². The maximum Gasteiger partial charge on any atom is 0.304 e. The number of aliphatic carboxylic acids is 1. The van der Waals surface area contributed by atoms with Gasteiger partial charge in [0.05, 0.1) is 13.0 Å². The zero-order chi connectivity index (χ0) is 14.8. The van der Waals surface area contributed by atoms with Crippen molar-refractivity contribution in [2.45, 2.75) is 25.2 Å². The molecule has 2 N–H and O–H groups in total. The lowest BCUT2D eigenvalue weighted by Crippen LogP contribution is -2.37. The van der Waals surface area contributed by atoms with Crippen LogP contribution in [0.3, 0.4) is 0 Å². The fraction of sp³-hybridized carbons (Fsp3) is 0.500. The highest BCUT2D eigenvalue weighted by molar-refractivity contribution is 5.83. The van der Waals surface area contributed by atoms with E-state index in [-0.39, 0.29) is 18.2 Å². The molecule has 1 aliphatic carbocycles. The van der Waals surface area contributed by atoms with Crippen molar-refractivity contribution in [2.75, 3.05) is 24.5 Å². The van der Waals surface area contributed by atoms with Gasteiger partial charge in [0.2, 0.25) is 5.91 Å². The van der Waals surface area contributed by atoms with Gasteiger partial charge in [-0.1, -0.05) is 18.2 Å². The van der Waals surface area contributed by atoms with Crippen molar-refractivity contribution in [3.8, 4) is 0 Å². The molecule has 1 unspecified atom stereocenters. The van der Waals surface area contributed by atoms with Crippen LogP contribution in [0.25, 0.3) is 0 Å². The molecule has 5 nitrogen and oxygen atoms in total. The number of hydrogen-bond donors (Lipinski definition) is 2. The number of benzene rings is 1. The molecule has 3 rings (SSSR count). The zero-order valence-corrected chi connectivity index (χ0v) is 11.9. The van der Waals surface area contributed by atoms with Crippen molar-refractivity contribution in [3.05, 3.63) is 29.8 Å². The van der Waals surface area contributed by atoms with E-state index in [4.69, 9.17) is 5.11 Å². The maximum absolute atomic E-state index is 12.0. The van der Waals surface area contributed by atoms with E-state index in [1.807, 2.05) is 29.2 Å². The molecule has 1 aliphatic heterocycles. The summed E-state index contributed by atoms with van der Waals surface area (Å²) in [5.41, 5.74) is 2.03. The highest BCUT2D eigenvalue weighted by Crippen LogP contribution is 2.37. The molecule has 1 aromatic carbocycles. The molecule has 0 radical (unpaired) electrons. The predicted molar refractivity (Wildman–Crippen MR) is 79.4 cm³/mol. The van der Waals surface area contributed by atoms with Gasteiger partial charge in [0.25, 0.3) is 0 Å². The second-order valence-corrected chi connectivity index (χ2v) is 5.98. The van der Waals surface area contributed by atoms with Gasteiger partial charge in [-0.2, -0.15) is 0 Å². The topological polar surface area (TPSA) is 69.6 Å². The van der Waals surface area contributed by atoms with E-state index in [9.17, 15) is 9.59 Å². The average Bonchev–Trinajstić information content (AvgIpc) is 3.22. The number of amides is 1. The molecule has 0 saturated heterocycles. The average molecular weight is 288 g/mol. The second kappa shape index (κ2) is 5.76. The molecule has 21 heavy (non-hydrogen) atoms. The first-order valence-electron chi connectivity index (χ1n) is 7.46. The molecule has 1 saturated carbocycles. The number of para-hydroxylation sites is 1. The number of carbonyl (C=O) groups is 2. The van der Waals surface area contributed by atoms with E-state index in [0.29, 0.717) is 19.0 Å². The highest BCUT2D eigenvalue weighted by Gasteiger charge is 2.31. The molecule has 0 spiro atoms. The van der Waals surface area contributed by atoms with Gasteiger partial charge < -0.3 is 15.3 Å². The number of carbonyl (C=O) groups excluding carboxylic acids is 1. The third kappa shape index (κ3) is 3.35. The summed E-state index contributed by atoms with van der Waals surface area (Å²) in [7, 11) is 0. The van der Waals surface area contributed by atoms with Crippen LogP contribution in [0.5, 0.6) is 0 Å². The Hall–Kier alpha value is -2.04. The van der Waals surface area contributed by atoms with Gasteiger partial charge >= 0.3 is 5.97 Å². The zero-order valence-electron chi connectivity index (χ0n) is 11.9. The van der Waals surface area contributed by atoms with Crippen LogP contribution in [0.1, 0.15) is 30.7 Å². The van der Waals surface area contributed by atoms with Crippen LogP contribution in [0, 0.1) is 5.92 Å². The van der Waals surface area contributed by atoms with Crippen molar-refractivity contribution in [3.63, 3.8) is 0 Å². The van der Waals surface area contributed by atoms with E-state index >= 15 is 0 Å². The minimum Gasteiger partial charge on any atom is -0.481 e.